The Bertz CT molecular complexity index is 2680. The fourth-order valence-corrected chi connectivity index (χ4v) is 6.80. The normalized spacial score (nSPS) is 12.4. The van der Waals surface area contributed by atoms with Gasteiger partial charge in [0.25, 0.3) is 0 Å². The van der Waals surface area contributed by atoms with E-state index in [2.05, 4.69) is 134 Å². The minimum absolute atomic E-state index is 0.396. The minimum atomic E-state index is 0.396. The third-order valence-electron chi connectivity index (χ3n) is 9.57. The van der Waals surface area contributed by atoms with Crippen molar-refractivity contribution in [1.82, 2.24) is 0 Å². The van der Waals surface area contributed by atoms with Gasteiger partial charge in [-0.3, -0.25) is 4.99 Å². The molecule has 0 saturated heterocycles. The molecule has 0 aliphatic rings. The molecule has 8 rings (SSSR count). The molecular weight excluding hydrogens is 647 g/mol. The lowest BCUT2D eigenvalue weighted by Gasteiger charge is -2.09. The van der Waals surface area contributed by atoms with Gasteiger partial charge in [-0.15, -0.1) is 0 Å². The first-order valence-electron chi connectivity index (χ1n) is 17.7. The van der Waals surface area contributed by atoms with Crippen molar-refractivity contribution < 1.29 is 4.42 Å². The van der Waals surface area contributed by atoms with Gasteiger partial charge in [0.15, 0.2) is 5.84 Å². The molecule has 0 spiro atoms. The van der Waals surface area contributed by atoms with Crippen LogP contribution in [0.4, 0.5) is 0 Å². The Labute approximate surface area is 309 Å². The molecule has 0 amide bonds. The lowest BCUT2D eigenvalue weighted by atomic mass is 9.96. The second-order valence-corrected chi connectivity index (χ2v) is 12.9. The molecule has 1 heterocycles. The largest absolute Gasteiger partial charge is 0.456 e. The highest BCUT2D eigenvalue weighted by Gasteiger charge is 2.17. The summed E-state index contributed by atoms with van der Waals surface area (Å²) in [6, 6.07) is 56.4. The predicted molar refractivity (Wildman–Crippen MR) is 225 cm³/mol. The van der Waals surface area contributed by atoms with Crippen LogP contribution in [0.1, 0.15) is 28.0 Å². The topological polar surface area (TPSA) is 50.2 Å². The summed E-state index contributed by atoms with van der Waals surface area (Å²) < 4.78 is 6.52. The molecule has 0 radical (unpaired) electrons. The SMILES string of the molecule is C=C/C(=C\c1oc2ccccc2c1CC(N=C)=NC(=NCc1ccccc1)c1ccc(-c2ccccc2)cc1)c1ccc2c(ccc3ccccc32)c1. The number of hydrogen-bond donors (Lipinski definition) is 0. The van der Waals surface area contributed by atoms with Gasteiger partial charge < -0.3 is 4.42 Å². The van der Waals surface area contributed by atoms with E-state index in [1.807, 2.05) is 60.7 Å². The first-order chi connectivity index (χ1) is 26.2. The van der Waals surface area contributed by atoms with E-state index in [1.165, 1.54) is 21.5 Å². The lowest BCUT2D eigenvalue weighted by Crippen LogP contribution is -2.07. The van der Waals surface area contributed by atoms with Gasteiger partial charge in [0.2, 0.25) is 0 Å². The zero-order chi connectivity index (χ0) is 36.0. The van der Waals surface area contributed by atoms with Gasteiger partial charge in [-0.25, -0.2) is 9.98 Å². The molecule has 0 aliphatic heterocycles. The van der Waals surface area contributed by atoms with E-state index >= 15 is 0 Å². The van der Waals surface area contributed by atoms with Crippen molar-refractivity contribution in [1.29, 1.82) is 0 Å². The number of para-hydroxylation sites is 1. The van der Waals surface area contributed by atoms with Gasteiger partial charge in [0.1, 0.15) is 17.2 Å². The number of fused-ring (bicyclic) bond motifs is 4. The van der Waals surface area contributed by atoms with Gasteiger partial charge in [-0.05, 0) is 74.3 Å². The predicted octanol–water partition coefficient (Wildman–Crippen LogP) is 12.4. The zero-order valence-corrected chi connectivity index (χ0v) is 29.3. The van der Waals surface area contributed by atoms with Crippen molar-refractivity contribution in [2.45, 2.75) is 13.0 Å². The molecule has 1 aromatic heterocycles. The molecule has 0 aliphatic carbocycles. The Morgan fingerprint density at radius 1 is 0.604 bits per heavy atom. The van der Waals surface area contributed by atoms with Crippen molar-refractivity contribution in [3.8, 4) is 11.1 Å². The van der Waals surface area contributed by atoms with E-state index in [-0.39, 0.29) is 0 Å². The van der Waals surface area contributed by atoms with Crippen molar-refractivity contribution >= 4 is 62.6 Å². The highest BCUT2D eigenvalue weighted by atomic mass is 16.3. The van der Waals surface area contributed by atoms with Crippen LogP contribution in [-0.4, -0.2) is 18.4 Å². The minimum Gasteiger partial charge on any atom is -0.456 e. The van der Waals surface area contributed by atoms with Crippen LogP contribution in [-0.2, 0) is 13.0 Å². The highest BCUT2D eigenvalue weighted by Crippen LogP contribution is 2.33. The van der Waals surface area contributed by atoms with Crippen molar-refractivity contribution in [3.05, 3.63) is 204 Å². The number of allylic oxidation sites excluding steroid dienone is 2. The Morgan fingerprint density at radius 3 is 2.02 bits per heavy atom. The van der Waals surface area contributed by atoms with Crippen LogP contribution in [0.3, 0.4) is 0 Å². The molecule has 0 fully saturated rings. The molecule has 0 unspecified atom stereocenters. The maximum Gasteiger partial charge on any atom is 0.157 e. The lowest BCUT2D eigenvalue weighted by molar-refractivity contribution is 0.600. The Kier molecular flexibility index (Phi) is 9.50. The number of nitrogens with zero attached hydrogens (tertiary/aromatic N) is 3. The number of furan rings is 1. The number of amidine groups is 2. The summed E-state index contributed by atoms with van der Waals surface area (Å²) >= 11 is 0. The summed E-state index contributed by atoms with van der Waals surface area (Å²) in [6.45, 7) is 8.62. The Balaban J connectivity index is 1.18. The third-order valence-corrected chi connectivity index (χ3v) is 9.57. The first-order valence-corrected chi connectivity index (χ1v) is 17.7. The summed E-state index contributed by atoms with van der Waals surface area (Å²) in [4.78, 5) is 14.5. The molecule has 7 aromatic carbocycles. The Hall–Kier alpha value is -6.91. The van der Waals surface area contributed by atoms with E-state index in [0.29, 0.717) is 24.6 Å². The van der Waals surface area contributed by atoms with E-state index < -0.39 is 0 Å². The van der Waals surface area contributed by atoms with Crippen molar-refractivity contribution in [2.24, 2.45) is 15.0 Å². The van der Waals surface area contributed by atoms with Gasteiger partial charge >= 0.3 is 0 Å². The maximum absolute atomic E-state index is 6.52. The fourth-order valence-electron chi connectivity index (χ4n) is 6.80. The molecule has 8 aromatic rings. The average molecular weight is 684 g/mol. The van der Waals surface area contributed by atoms with Gasteiger partial charge in [-0.2, -0.15) is 0 Å². The van der Waals surface area contributed by atoms with Crippen molar-refractivity contribution in [3.63, 3.8) is 0 Å². The van der Waals surface area contributed by atoms with Gasteiger partial charge in [-0.1, -0.05) is 164 Å². The second kappa shape index (κ2) is 15.1. The maximum atomic E-state index is 6.52. The summed E-state index contributed by atoms with van der Waals surface area (Å²) in [6.07, 6.45) is 4.35. The van der Waals surface area contributed by atoms with E-state index in [1.54, 1.807) is 0 Å². The smallest absolute Gasteiger partial charge is 0.157 e. The number of aliphatic imine (C=N–C) groups is 3. The van der Waals surface area contributed by atoms with Crippen LogP contribution in [0.2, 0.25) is 0 Å². The van der Waals surface area contributed by atoms with Gasteiger partial charge in [0, 0.05) is 22.9 Å². The Morgan fingerprint density at radius 2 is 1.25 bits per heavy atom. The summed E-state index contributed by atoms with van der Waals surface area (Å²) in [5.74, 6) is 1.87. The van der Waals surface area contributed by atoms with Crippen LogP contribution in [0.15, 0.2) is 196 Å². The quantitative estimate of drug-likeness (QED) is 0.0646. The molecule has 53 heavy (non-hydrogen) atoms. The molecule has 4 heteroatoms. The van der Waals surface area contributed by atoms with Crippen LogP contribution in [0, 0.1) is 0 Å². The number of benzene rings is 7. The second-order valence-electron chi connectivity index (χ2n) is 12.9. The molecule has 0 saturated carbocycles. The molecule has 254 valence electrons. The van der Waals surface area contributed by atoms with E-state index in [0.717, 1.165) is 55.7 Å². The van der Waals surface area contributed by atoms with Crippen LogP contribution in [0.5, 0.6) is 0 Å². The standard InChI is InChI=1S/C49H37N3O/c1-3-35(40-28-29-43-41(30-40)27-24-38-18-10-11-19-42(38)43)31-47-45(44-20-12-13-21-46(44)53-47)32-48(50-2)52-49(51-33-34-14-6-4-7-15-34)39-25-22-37(23-26-39)36-16-8-5-9-17-36/h3-31H,1-2,32-33H2/b35-31+,51-49?,52-48?. The molecule has 0 N–H and O–H groups in total. The molecule has 4 nitrogen and oxygen atoms in total. The molecular formula is C49H37N3O. The van der Waals surface area contributed by atoms with Crippen LogP contribution >= 0.6 is 0 Å². The van der Waals surface area contributed by atoms with Crippen LogP contribution in [0.25, 0.3) is 55.3 Å². The summed E-state index contributed by atoms with van der Waals surface area (Å²) in [5.41, 5.74) is 8.05. The first kappa shape index (κ1) is 33.2. The summed E-state index contributed by atoms with van der Waals surface area (Å²) in [7, 11) is 0. The van der Waals surface area contributed by atoms with Crippen LogP contribution < -0.4 is 0 Å². The fraction of sp³-hybridized carbons (Fsp3) is 0.0408. The third kappa shape index (κ3) is 7.17. The monoisotopic (exact) mass is 683 g/mol. The zero-order valence-electron chi connectivity index (χ0n) is 29.3. The van der Waals surface area contributed by atoms with E-state index in [4.69, 9.17) is 14.4 Å². The van der Waals surface area contributed by atoms with E-state index in [9.17, 15) is 0 Å². The van der Waals surface area contributed by atoms with Crippen molar-refractivity contribution in [2.75, 3.05) is 0 Å². The highest BCUT2D eigenvalue weighted by molar-refractivity contribution is 6.10. The average Bonchev–Trinajstić information content (AvgIpc) is 3.57. The summed E-state index contributed by atoms with van der Waals surface area (Å²) in [5, 5.41) is 5.85. The number of hydrogen-bond acceptors (Lipinski definition) is 2. The number of rotatable bonds is 9. The van der Waals surface area contributed by atoms with Gasteiger partial charge in [0.05, 0.1) is 6.54 Å². The molecule has 0 bridgehead atoms. The molecule has 0 atom stereocenters.